The van der Waals surface area contributed by atoms with E-state index in [9.17, 15) is 18.0 Å². The lowest BCUT2D eigenvalue weighted by atomic mass is 10.1. The zero-order valence-electron chi connectivity index (χ0n) is 12.2. The molecule has 2 aromatic rings. The molecule has 24 heavy (non-hydrogen) atoms. The number of amides is 1. The van der Waals surface area contributed by atoms with Gasteiger partial charge in [0.1, 0.15) is 0 Å². The number of carbonyl (C=O) groups excluding carboxylic acids is 1. The minimum Gasteiger partial charge on any atom is -0.325 e. The van der Waals surface area contributed by atoms with E-state index in [1.54, 1.807) is 18.2 Å². The van der Waals surface area contributed by atoms with Gasteiger partial charge in [-0.3, -0.25) is 4.79 Å². The van der Waals surface area contributed by atoms with E-state index in [4.69, 9.17) is 23.2 Å². The zero-order chi connectivity index (χ0) is 17.7. The number of alkyl halides is 3. The standard InChI is InChI=1S/C16H12Cl2F3NOS/c17-12-5-3-6-13(18)10(12)8-24-9-15(23)22-14-7-2-1-4-11(14)16(19,20)21/h1-7H,8-9H2,(H,22,23). The van der Waals surface area contributed by atoms with Crippen LogP contribution in [0, 0.1) is 0 Å². The second-order valence-electron chi connectivity index (χ2n) is 4.78. The lowest BCUT2D eigenvalue weighted by Gasteiger charge is -2.13. The van der Waals surface area contributed by atoms with E-state index in [0.29, 0.717) is 21.4 Å². The Morgan fingerprint density at radius 3 is 2.29 bits per heavy atom. The fourth-order valence-electron chi connectivity index (χ4n) is 1.94. The van der Waals surface area contributed by atoms with Crippen molar-refractivity contribution in [3.8, 4) is 0 Å². The predicted molar refractivity (Wildman–Crippen MR) is 92.7 cm³/mol. The molecule has 128 valence electrons. The molecule has 0 aliphatic heterocycles. The molecule has 0 fully saturated rings. The van der Waals surface area contributed by atoms with Crippen LogP contribution < -0.4 is 5.32 Å². The van der Waals surface area contributed by atoms with E-state index in [1.165, 1.54) is 30.0 Å². The summed E-state index contributed by atoms with van der Waals surface area (Å²) in [5.41, 5.74) is -0.446. The van der Waals surface area contributed by atoms with Crippen molar-refractivity contribution >= 4 is 46.6 Å². The number of para-hydroxylation sites is 1. The van der Waals surface area contributed by atoms with Gasteiger partial charge in [-0.05, 0) is 29.8 Å². The first-order chi connectivity index (χ1) is 11.3. The fourth-order valence-corrected chi connectivity index (χ4v) is 3.51. The number of hydrogen-bond acceptors (Lipinski definition) is 2. The van der Waals surface area contributed by atoms with Gasteiger partial charge in [0.05, 0.1) is 17.0 Å². The van der Waals surface area contributed by atoms with E-state index in [2.05, 4.69) is 5.32 Å². The lowest BCUT2D eigenvalue weighted by Crippen LogP contribution is -2.18. The van der Waals surface area contributed by atoms with Crippen LogP contribution >= 0.6 is 35.0 Å². The molecule has 0 aromatic heterocycles. The van der Waals surface area contributed by atoms with Crippen LogP contribution in [0.15, 0.2) is 42.5 Å². The van der Waals surface area contributed by atoms with Gasteiger partial charge in [0.15, 0.2) is 0 Å². The van der Waals surface area contributed by atoms with Gasteiger partial charge in [0, 0.05) is 15.8 Å². The second kappa shape index (κ2) is 8.14. The summed E-state index contributed by atoms with van der Waals surface area (Å²) in [4.78, 5) is 11.9. The first-order valence-corrected chi connectivity index (χ1v) is 8.67. The number of benzene rings is 2. The Morgan fingerprint density at radius 1 is 1.04 bits per heavy atom. The molecule has 0 spiro atoms. The van der Waals surface area contributed by atoms with Crippen LogP contribution in [0.1, 0.15) is 11.1 Å². The Balaban J connectivity index is 1.95. The van der Waals surface area contributed by atoms with Crippen molar-refractivity contribution in [2.24, 2.45) is 0 Å². The van der Waals surface area contributed by atoms with Crippen molar-refractivity contribution < 1.29 is 18.0 Å². The highest BCUT2D eigenvalue weighted by atomic mass is 35.5. The van der Waals surface area contributed by atoms with Crippen LogP contribution in [0.25, 0.3) is 0 Å². The Hall–Kier alpha value is -1.37. The monoisotopic (exact) mass is 393 g/mol. The molecule has 0 atom stereocenters. The highest BCUT2D eigenvalue weighted by Crippen LogP contribution is 2.34. The van der Waals surface area contributed by atoms with Gasteiger partial charge in [-0.2, -0.15) is 13.2 Å². The number of thioether (sulfide) groups is 1. The van der Waals surface area contributed by atoms with Gasteiger partial charge >= 0.3 is 6.18 Å². The quantitative estimate of drug-likeness (QED) is 0.686. The molecule has 0 saturated heterocycles. The highest BCUT2D eigenvalue weighted by molar-refractivity contribution is 7.99. The Labute approximate surface area is 151 Å². The van der Waals surface area contributed by atoms with Crippen molar-refractivity contribution in [2.45, 2.75) is 11.9 Å². The number of halogens is 5. The maximum atomic E-state index is 12.9. The Bertz CT molecular complexity index is 717. The summed E-state index contributed by atoms with van der Waals surface area (Å²) >= 11 is 13.3. The molecule has 2 nitrogen and oxygen atoms in total. The number of hydrogen-bond donors (Lipinski definition) is 1. The molecule has 0 aliphatic carbocycles. The third-order valence-corrected chi connectivity index (χ3v) is 4.72. The number of anilines is 1. The first kappa shape index (κ1) is 19.0. The molecule has 0 radical (unpaired) electrons. The highest BCUT2D eigenvalue weighted by Gasteiger charge is 2.33. The average Bonchev–Trinajstić information content (AvgIpc) is 2.49. The van der Waals surface area contributed by atoms with Crippen LogP contribution in [0.5, 0.6) is 0 Å². The molecule has 0 bridgehead atoms. The fraction of sp³-hybridized carbons (Fsp3) is 0.188. The molecule has 0 saturated carbocycles. The number of nitrogens with one attached hydrogen (secondary N) is 1. The first-order valence-electron chi connectivity index (χ1n) is 6.75. The van der Waals surface area contributed by atoms with E-state index in [1.807, 2.05) is 0 Å². The minimum atomic E-state index is -4.53. The van der Waals surface area contributed by atoms with E-state index in [-0.39, 0.29) is 11.4 Å². The van der Waals surface area contributed by atoms with Crippen LogP contribution in [-0.2, 0) is 16.7 Å². The van der Waals surface area contributed by atoms with Crippen LogP contribution in [0.2, 0.25) is 10.0 Å². The normalized spacial score (nSPS) is 11.4. The third-order valence-electron chi connectivity index (χ3n) is 3.05. The zero-order valence-corrected chi connectivity index (χ0v) is 14.5. The third kappa shape index (κ3) is 5.06. The van der Waals surface area contributed by atoms with Crippen LogP contribution in [-0.4, -0.2) is 11.7 Å². The minimum absolute atomic E-state index is 0.0201. The molecule has 0 aliphatic rings. The van der Waals surface area contributed by atoms with Gasteiger partial charge in [0.2, 0.25) is 5.91 Å². The van der Waals surface area contributed by atoms with Gasteiger partial charge in [-0.15, -0.1) is 11.8 Å². The average molecular weight is 394 g/mol. The van der Waals surface area contributed by atoms with E-state index >= 15 is 0 Å². The summed E-state index contributed by atoms with van der Waals surface area (Å²) in [6, 6.07) is 9.92. The largest absolute Gasteiger partial charge is 0.418 e. The van der Waals surface area contributed by atoms with Crippen molar-refractivity contribution in [3.63, 3.8) is 0 Å². The SMILES string of the molecule is O=C(CSCc1c(Cl)cccc1Cl)Nc1ccccc1C(F)(F)F. The van der Waals surface area contributed by atoms with Gasteiger partial charge < -0.3 is 5.32 Å². The molecule has 2 rings (SSSR count). The van der Waals surface area contributed by atoms with E-state index < -0.39 is 17.6 Å². The predicted octanol–water partition coefficient (Wildman–Crippen LogP) is 5.88. The van der Waals surface area contributed by atoms with Crippen LogP contribution in [0.3, 0.4) is 0 Å². The molecule has 0 heterocycles. The molecule has 2 aromatic carbocycles. The topological polar surface area (TPSA) is 29.1 Å². The summed E-state index contributed by atoms with van der Waals surface area (Å²) < 4.78 is 38.6. The molecule has 8 heteroatoms. The summed E-state index contributed by atoms with van der Waals surface area (Å²) in [6.45, 7) is 0. The smallest absolute Gasteiger partial charge is 0.325 e. The maximum absolute atomic E-state index is 12.9. The van der Waals surface area contributed by atoms with Crippen LogP contribution in [0.4, 0.5) is 18.9 Å². The maximum Gasteiger partial charge on any atom is 0.418 e. The van der Waals surface area contributed by atoms with Gasteiger partial charge in [0.25, 0.3) is 0 Å². The number of carbonyl (C=O) groups is 1. The summed E-state index contributed by atoms with van der Waals surface area (Å²) in [7, 11) is 0. The van der Waals surface area contributed by atoms with Crippen molar-refractivity contribution in [2.75, 3.05) is 11.1 Å². The molecule has 1 N–H and O–H groups in total. The molecular formula is C16H12Cl2F3NOS. The van der Waals surface area contributed by atoms with Crippen molar-refractivity contribution in [3.05, 3.63) is 63.6 Å². The van der Waals surface area contributed by atoms with Gasteiger partial charge in [-0.25, -0.2) is 0 Å². The Morgan fingerprint density at radius 2 is 1.67 bits per heavy atom. The summed E-state index contributed by atoms with van der Waals surface area (Å²) in [5.74, 6) is -0.166. The summed E-state index contributed by atoms with van der Waals surface area (Å²) in [6.07, 6.45) is -4.53. The van der Waals surface area contributed by atoms with Crippen molar-refractivity contribution in [1.29, 1.82) is 0 Å². The molecule has 0 unspecified atom stereocenters. The summed E-state index contributed by atoms with van der Waals surface area (Å²) in [5, 5.41) is 3.26. The van der Waals surface area contributed by atoms with E-state index in [0.717, 1.165) is 6.07 Å². The second-order valence-corrected chi connectivity index (χ2v) is 6.58. The number of rotatable bonds is 5. The lowest BCUT2D eigenvalue weighted by molar-refractivity contribution is -0.137. The molecule has 1 amide bonds. The van der Waals surface area contributed by atoms with Crippen molar-refractivity contribution in [1.82, 2.24) is 0 Å². The van der Waals surface area contributed by atoms with Gasteiger partial charge in [-0.1, -0.05) is 41.4 Å². The molecular weight excluding hydrogens is 382 g/mol. The Kier molecular flexibility index (Phi) is 6.43.